The first-order chi connectivity index (χ1) is 2.27. The van der Waals surface area contributed by atoms with E-state index in [9.17, 15) is 0 Å². The number of aliphatic carboxylic acids is 1. The number of hydrogen-bond donors (Lipinski definition) is 1. The van der Waals surface area contributed by atoms with E-state index in [1.165, 1.54) is 5.92 Å². The Morgan fingerprint density at radius 2 is 2.00 bits per heavy atom. The quantitative estimate of drug-likeness (QED) is 0.308. The van der Waals surface area contributed by atoms with Gasteiger partial charge in [-0.1, -0.05) is 0 Å². The van der Waals surface area contributed by atoms with Crippen LogP contribution in [0.5, 0.6) is 0 Å². The van der Waals surface area contributed by atoms with Crippen molar-refractivity contribution < 1.29 is 9.90 Å². The van der Waals surface area contributed by atoms with E-state index < -0.39 is 5.97 Å². The molecule has 0 spiro atoms. The molecule has 0 amide bonds. The van der Waals surface area contributed by atoms with Crippen molar-refractivity contribution in [2.75, 3.05) is 0 Å². The fourth-order valence-electron chi connectivity index (χ4n) is 0. The second-order valence-electron chi connectivity index (χ2n) is 0.430. The summed E-state index contributed by atoms with van der Waals surface area (Å²) in [7, 11) is 0. The standard InChI is InChI=1S/C3HO2.Na.H/c1-2-3(4)5;;/h(H,4,5);;. The molecule has 3 heteroatoms. The van der Waals surface area contributed by atoms with E-state index >= 15 is 0 Å². The van der Waals surface area contributed by atoms with Gasteiger partial charge in [-0.05, 0) is 6.42 Å². The molecule has 0 rings (SSSR count). The second kappa shape index (κ2) is 5.03. The van der Waals surface area contributed by atoms with E-state index in [2.05, 4.69) is 0 Å². The third-order valence-electron chi connectivity index (χ3n) is 0.107. The molecule has 0 aromatic rings. The molecule has 0 aliphatic carbocycles. The van der Waals surface area contributed by atoms with E-state index in [1.807, 2.05) is 0 Å². The first-order valence-corrected chi connectivity index (χ1v) is 0.928. The molecular formula is C3H2NaO2. The van der Waals surface area contributed by atoms with Gasteiger partial charge in [-0.3, -0.25) is 0 Å². The van der Waals surface area contributed by atoms with Crippen LogP contribution in [0.3, 0.4) is 0 Å². The van der Waals surface area contributed by atoms with Crippen molar-refractivity contribution in [3.63, 3.8) is 0 Å². The van der Waals surface area contributed by atoms with E-state index in [4.69, 9.17) is 16.3 Å². The normalized spacial score (nSPS) is 4.50. The average molecular weight is 93.0 g/mol. The van der Waals surface area contributed by atoms with Crippen LogP contribution in [-0.2, 0) is 4.79 Å². The Morgan fingerprint density at radius 3 is 2.00 bits per heavy atom. The Kier molecular flexibility index (Phi) is 7.88. The van der Waals surface area contributed by atoms with Gasteiger partial charge in [0.15, 0.2) is 0 Å². The van der Waals surface area contributed by atoms with Crippen molar-refractivity contribution in [2.45, 2.75) is 0 Å². The van der Waals surface area contributed by atoms with Crippen molar-refractivity contribution in [1.29, 1.82) is 0 Å². The van der Waals surface area contributed by atoms with E-state index in [-0.39, 0.29) is 29.6 Å². The zero-order chi connectivity index (χ0) is 4.28. The van der Waals surface area contributed by atoms with Crippen molar-refractivity contribution in [3.05, 3.63) is 6.42 Å². The van der Waals surface area contributed by atoms with Crippen molar-refractivity contribution in [2.24, 2.45) is 0 Å². The summed E-state index contributed by atoms with van der Waals surface area (Å²) in [4.78, 5) is 9.07. The summed E-state index contributed by atoms with van der Waals surface area (Å²) < 4.78 is 0. The number of carboxylic acid groups (broad SMARTS) is 1. The van der Waals surface area contributed by atoms with Crippen LogP contribution in [-0.4, -0.2) is 40.6 Å². The Labute approximate surface area is 57.8 Å². The average Bonchev–Trinajstić information content (AvgIpc) is 1.38. The fraction of sp³-hybridized carbons (Fsp3) is 0. The number of carbonyl (C=O) groups is 1. The maximum absolute atomic E-state index is 9.07. The van der Waals surface area contributed by atoms with Gasteiger partial charge in [0.05, 0.1) is 0 Å². The minimum atomic E-state index is -1.33. The second-order valence-corrected chi connectivity index (χ2v) is 0.430. The molecule has 6 heavy (non-hydrogen) atoms. The van der Waals surface area contributed by atoms with Crippen LogP contribution in [0.25, 0.3) is 0 Å². The SMILES string of the molecule is [C]#CC(=O)O.[NaH]. The topological polar surface area (TPSA) is 37.3 Å². The Balaban J connectivity index is 0. The summed E-state index contributed by atoms with van der Waals surface area (Å²) >= 11 is 0. The van der Waals surface area contributed by atoms with Crippen molar-refractivity contribution in [3.8, 4) is 5.92 Å². The Morgan fingerprint density at radius 1 is 1.83 bits per heavy atom. The molecule has 0 heterocycles. The molecule has 2 nitrogen and oxygen atoms in total. The van der Waals surface area contributed by atoms with Gasteiger partial charge < -0.3 is 5.11 Å². The summed E-state index contributed by atoms with van der Waals surface area (Å²) in [5.74, 6) is -0.134. The van der Waals surface area contributed by atoms with Gasteiger partial charge in [0, 0.05) is 5.92 Å². The van der Waals surface area contributed by atoms with Crippen LogP contribution in [0.15, 0.2) is 0 Å². The third kappa shape index (κ3) is 8.98. The molecule has 0 aliphatic rings. The molecule has 0 unspecified atom stereocenters. The van der Waals surface area contributed by atoms with Crippen LogP contribution in [0.4, 0.5) is 0 Å². The monoisotopic (exact) mass is 93.0 g/mol. The Hall–Kier alpha value is 0.0300. The zero-order valence-corrected chi connectivity index (χ0v) is 2.36. The van der Waals surface area contributed by atoms with Crippen LogP contribution in [0.1, 0.15) is 0 Å². The van der Waals surface area contributed by atoms with Gasteiger partial charge in [-0.15, -0.1) is 0 Å². The summed E-state index contributed by atoms with van der Waals surface area (Å²) in [6.45, 7) is 0. The predicted octanol–water partition coefficient (Wildman–Crippen LogP) is -0.988. The first kappa shape index (κ1) is 9.39. The molecule has 0 fully saturated rings. The van der Waals surface area contributed by atoms with E-state index in [1.54, 1.807) is 0 Å². The number of hydrogen-bond acceptors (Lipinski definition) is 1. The molecule has 1 radical (unpaired) electrons. The van der Waals surface area contributed by atoms with Crippen LogP contribution < -0.4 is 0 Å². The Bertz CT molecular complexity index is 81.3. The minimum absolute atomic E-state index is 0. The number of carboxylic acids is 1. The summed E-state index contributed by atoms with van der Waals surface area (Å²) in [6, 6.07) is 0. The summed E-state index contributed by atoms with van der Waals surface area (Å²) in [5, 5.41) is 7.42. The predicted molar refractivity (Wildman–Crippen MR) is 21.9 cm³/mol. The van der Waals surface area contributed by atoms with Gasteiger partial charge in [-0.2, -0.15) is 0 Å². The van der Waals surface area contributed by atoms with Crippen LogP contribution >= 0.6 is 0 Å². The molecule has 27 valence electrons. The third-order valence-corrected chi connectivity index (χ3v) is 0.107. The summed E-state index contributed by atoms with van der Waals surface area (Å²) in [5.41, 5.74) is 0. The van der Waals surface area contributed by atoms with Crippen molar-refractivity contribution in [1.82, 2.24) is 0 Å². The molecule has 0 aliphatic heterocycles. The van der Waals surface area contributed by atoms with Crippen LogP contribution in [0, 0.1) is 12.3 Å². The summed E-state index contributed by atoms with van der Waals surface area (Å²) in [6.07, 6.45) is 5.81. The van der Waals surface area contributed by atoms with Gasteiger partial charge in [0.1, 0.15) is 0 Å². The molecule has 0 saturated heterocycles. The molecule has 0 atom stereocenters. The van der Waals surface area contributed by atoms with Crippen molar-refractivity contribution >= 4 is 35.5 Å². The van der Waals surface area contributed by atoms with E-state index in [0.717, 1.165) is 0 Å². The molecule has 0 bridgehead atoms. The maximum atomic E-state index is 9.07. The van der Waals surface area contributed by atoms with Gasteiger partial charge >= 0.3 is 35.5 Å². The number of rotatable bonds is 0. The molecular weight excluding hydrogens is 91.0 g/mol. The molecule has 0 aromatic heterocycles. The first-order valence-electron chi connectivity index (χ1n) is 0.928. The van der Waals surface area contributed by atoms with Gasteiger partial charge in [0.2, 0.25) is 0 Å². The molecule has 1 N–H and O–H groups in total. The van der Waals surface area contributed by atoms with Gasteiger partial charge in [0.25, 0.3) is 0 Å². The zero-order valence-electron chi connectivity index (χ0n) is 2.36. The molecule has 0 aromatic carbocycles. The van der Waals surface area contributed by atoms with Gasteiger partial charge in [-0.25, -0.2) is 4.79 Å². The molecule has 0 saturated carbocycles. The van der Waals surface area contributed by atoms with Crippen LogP contribution in [0.2, 0.25) is 0 Å². The fourth-order valence-corrected chi connectivity index (χ4v) is 0. The van der Waals surface area contributed by atoms with E-state index in [0.29, 0.717) is 0 Å².